The minimum Gasteiger partial charge on any atom is -0.395 e. The van der Waals surface area contributed by atoms with Crippen LogP contribution in [-0.4, -0.2) is 36.9 Å². The number of hydroxylamine groups is 1. The summed E-state index contributed by atoms with van der Waals surface area (Å²) in [7, 11) is 1.88. The molecule has 0 saturated carbocycles. The number of unbranched alkanes of at least 4 members (excludes halogenated alkanes) is 1. The van der Waals surface area contributed by atoms with Gasteiger partial charge in [-0.3, -0.25) is 4.84 Å². The second-order valence-electron chi connectivity index (χ2n) is 4.77. The molecule has 0 spiro atoms. The largest absolute Gasteiger partial charge is 0.395 e. The fourth-order valence-corrected chi connectivity index (χ4v) is 1.18. The minimum absolute atomic E-state index is 0.126. The van der Waals surface area contributed by atoms with Gasteiger partial charge in [-0.25, -0.2) is 5.48 Å². The van der Waals surface area contributed by atoms with Crippen LogP contribution in [0.1, 0.15) is 40.0 Å². The van der Waals surface area contributed by atoms with E-state index < -0.39 is 0 Å². The van der Waals surface area contributed by atoms with Gasteiger partial charge in [0, 0.05) is 12.6 Å². The third kappa shape index (κ3) is 10.1. The lowest BCUT2D eigenvalue weighted by Crippen LogP contribution is -2.31. The third-order valence-corrected chi connectivity index (χ3v) is 2.09. The summed E-state index contributed by atoms with van der Waals surface area (Å²) in [6.45, 7) is 7.12. The van der Waals surface area contributed by atoms with Gasteiger partial charge in [0.15, 0.2) is 0 Å². The number of hydrogen-bond acceptors (Lipinski definition) is 4. The number of nitrogens with one attached hydrogen (secondary N) is 2. The van der Waals surface area contributed by atoms with E-state index in [0.29, 0.717) is 0 Å². The van der Waals surface area contributed by atoms with E-state index in [4.69, 9.17) is 9.94 Å². The van der Waals surface area contributed by atoms with Crippen LogP contribution in [-0.2, 0) is 4.84 Å². The molecule has 4 heteroatoms. The molecule has 0 aromatic rings. The molecule has 3 N–H and O–H groups in total. The van der Waals surface area contributed by atoms with Gasteiger partial charge >= 0.3 is 0 Å². The zero-order valence-corrected chi connectivity index (χ0v) is 10.5. The van der Waals surface area contributed by atoms with Crippen molar-refractivity contribution in [3.05, 3.63) is 0 Å². The molecule has 0 amide bonds. The summed E-state index contributed by atoms with van der Waals surface area (Å²) in [6.07, 6.45) is 3.16. The van der Waals surface area contributed by atoms with Crippen molar-refractivity contribution in [2.75, 3.05) is 20.2 Å². The highest BCUT2D eigenvalue weighted by molar-refractivity contribution is 4.62. The average Bonchev–Trinajstić information content (AvgIpc) is 2.15. The maximum atomic E-state index is 8.93. The molecule has 92 valence electrons. The van der Waals surface area contributed by atoms with E-state index in [1.165, 1.54) is 0 Å². The smallest absolute Gasteiger partial charge is 0.0812 e. The van der Waals surface area contributed by atoms with Crippen LogP contribution in [0.5, 0.6) is 0 Å². The van der Waals surface area contributed by atoms with Crippen LogP contribution < -0.4 is 10.8 Å². The summed E-state index contributed by atoms with van der Waals surface area (Å²) in [5.41, 5.74) is 2.83. The molecule has 1 atom stereocenters. The average molecular weight is 218 g/mol. The van der Waals surface area contributed by atoms with Crippen LogP contribution in [0, 0.1) is 0 Å². The summed E-state index contributed by atoms with van der Waals surface area (Å²) in [5, 5.41) is 12.0. The van der Waals surface area contributed by atoms with E-state index in [0.717, 1.165) is 25.8 Å². The zero-order valence-electron chi connectivity index (χ0n) is 10.5. The Bertz CT molecular complexity index is 142. The van der Waals surface area contributed by atoms with E-state index in [-0.39, 0.29) is 18.2 Å². The van der Waals surface area contributed by atoms with Gasteiger partial charge in [-0.2, -0.15) is 0 Å². The van der Waals surface area contributed by atoms with Gasteiger partial charge in [0.05, 0.1) is 12.2 Å². The van der Waals surface area contributed by atoms with Crippen LogP contribution >= 0.6 is 0 Å². The fourth-order valence-electron chi connectivity index (χ4n) is 1.18. The first-order chi connectivity index (χ1) is 6.99. The molecular weight excluding hydrogens is 192 g/mol. The predicted octanol–water partition coefficient (Wildman–Crippen LogP) is 1.06. The molecule has 0 aliphatic heterocycles. The number of hydrogen-bond donors (Lipinski definition) is 3. The van der Waals surface area contributed by atoms with Crippen molar-refractivity contribution in [1.82, 2.24) is 10.8 Å². The zero-order chi connectivity index (χ0) is 11.7. The Labute approximate surface area is 93.4 Å². The predicted molar refractivity (Wildman–Crippen MR) is 62.6 cm³/mol. The first-order valence-corrected chi connectivity index (χ1v) is 5.68. The molecule has 0 saturated heterocycles. The molecule has 0 rings (SSSR count). The Kier molecular flexibility index (Phi) is 7.96. The first kappa shape index (κ1) is 14.8. The second-order valence-corrected chi connectivity index (χ2v) is 4.77. The van der Waals surface area contributed by atoms with Crippen LogP contribution in [0.3, 0.4) is 0 Å². The van der Waals surface area contributed by atoms with Gasteiger partial charge in [-0.1, -0.05) is 6.42 Å². The molecule has 15 heavy (non-hydrogen) atoms. The van der Waals surface area contributed by atoms with Crippen molar-refractivity contribution < 1.29 is 9.94 Å². The standard InChI is InChI=1S/C11H26N2O2/c1-11(2,3)15-13-8-6-5-7-10(9-14)12-4/h10,12-14H,5-9H2,1-4H3. The van der Waals surface area contributed by atoms with E-state index in [2.05, 4.69) is 10.8 Å². The SMILES string of the molecule is CNC(CO)CCCCNOC(C)(C)C. The summed E-state index contributed by atoms with van der Waals surface area (Å²) in [5.74, 6) is 0. The van der Waals surface area contributed by atoms with Gasteiger partial charge in [-0.15, -0.1) is 0 Å². The molecule has 4 nitrogen and oxygen atoms in total. The van der Waals surface area contributed by atoms with Crippen LogP contribution in [0.4, 0.5) is 0 Å². The summed E-state index contributed by atoms with van der Waals surface area (Å²) < 4.78 is 0. The number of aliphatic hydroxyl groups is 1. The molecule has 0 bridgehead atoms. The van der Waals surface area contributed by atoms with Gasteiger partial charge < -0.3 is 10.4 Å². The van der Waals surface area contributed by atoms with Gasteiger partial charge in [0.25, 0.3) is 0 Å². The summed E-state index contributed by atoms with van der Waals surface area (Å²) in [4.78, 5) is 5.37. The van der Waals surface area contributed by atoms with Crippen molar-refractivity contribution in [1.29, 1.82) is 0 Å². The van der Waals surface area contributed by atoms with Gasteiger partial charge in [0.2, 0.25) is 0 Å². The van der Waals surface area contributed by atoms with Crippen molar-refractivity contribution in [3.63, 3.8) is 0 Å². The third-order valence-electron chi connectivity index (χ3n) is 2.09. The van der Waals surface area contributed by atoms with E-state index in [9.17, 15) is 0 Å². The Morgan fingerprint density at radius 1 is 1.27 bits per heavy atom. The molecule has 1 unspecified atom stereocenters. The second kappa shape index (κ2) is 8.05. The molecule has 0 radical (unpaired) electrons. The highest BCUT2D eigenvalue weighted by Crippen LogP contribution is 2.04. The normalized spacial score (nSPS) is 14.2. The van der Waals surface area contributed by atoms with Gasteiger partial charge in [-0.05, 0) is 40.7 Å². The lowest BCUT2D eigenvalue weighted by Gasteiger charge is -2.19. The fraction of sp³-hybridized carbons (Fsp3) is 1.00. The maximum Gasteiger partial charge on any atom is 0.0812 e. The monoisotopic (exact) mass is 218 g/mol. The topological polar surface area (TPSA) is 53.5 Å². The Morgan fingerprint density at radius 2 is 1.93 bits per heavy atom. The maximum absolute atomic E-state index is 8.93. The number of aliphatic hydroxyl groups excluding tert-OH is 1. The quantitative estimate of drug-likeness (QED) is 0.421. The Morgan fingerprint density at radius 3 is 2.40 bits per heavy atom. The molecular formula is C11H26N2O2. The van der Waals surface area contributed by atoms with E-state index in [1.807, 2.05) is 27.8 Å². The lowest BCUT2D eigenvalue weighted by atomic mass is 10.1. The van der Waals surface area contributed by atoms with E-state index >= 15 is 0 Å². The highest BCUT2D eigenvalue weighted by atomic mass is 16.7. The molecule has 0 aromatic carbocycles. The Balaban J connectivity index is 3.25. The highest BCUT2D eigenvalue weighted by Gasteiger charge is 2.09. The molecule has 0 aromatic heterocycles. The number of likely N-dealkylation sites (N-methyl/N-ethyl adjacent to an activating group) is 1. The van der Waals surface area contributed by atoms with Gasteiger partial charge in [0.1, 0.15) is 0 Å². The molecule has 0 aliphatic rings. The first-order valence-electron chi connectivity index (χ1n) is 5.68. The summed E-state index contributed by atoms with van der Waals surface area (Å²) >= 11 is 0. The van der Waals surface area contributed by atoms with Crippen LogP contribution in [0.25, 0.3) is 0 Å². The Hall–Kier alpha value is -0.160. The molecule has 0 heterocycles. The van der Waals surface area contributed by atoms with Crippen LogP contribution in [0.15, 0.2) is 0 Å². The van der Waals surface area contributed by atoms with Crippen molar-refractivity contribution in [2.24, 2.45) is 0 Å². The van der Waals surface area contributed by atoms with Crippen molar-refractivity contribution >= 4 is 0 Å². The van der Waals surface area contributed by atoms with Crippen LogP contribution in [0.2, 0.25) is 0 Å². The van der Waals surface area contributed by atoms with Crippen molar-refractivity contribution in [2.45, 2.75) is 51.7 Å². The molecule has 0 aliphatic carbocycles. The molecule has 0 fully saturated rings. The minimum atomic E-state index is -0.126. The van der Waals surface area contributed by atoms with Crippen molar-refractivity contribution in [3.8, 4) is 0 Å². The van der Waals surface area contributed by atoms with E-state index in [1.54, 1.807) is 0 Å². The summed E-state index contributed by atoms with van der Waals surface area (Å²) in [6, 6.07) is 0.230. The number of rotatable bonds is 8. The lowest BCUT2D eigenvalue weighted by molar-refractivity contribution is -0.0726.